The zero-order valence-corrected chi connectivity index (χ0v) is 12.1. The zero-order chi connectivity index (χ0) is 12.5. The number of nitrogen functional groups attached to an aromatic ring is 1. The minimum atomic E-state index is 0.355. The van der Waals surface area contributed by atoms with Crippen LogP contribution in [-0.2, 0) is 0 Å². The minimum Gasteiger partial charge on any atom is -0.399 e. The third-order valence-corrected chi connectivity index (χ3v) is 5.36. The van der Waals surface area contributed by atoms with Gasteiger partial charge < -0.3 is 11.1 Å². The largest absolute Gasteiger partial charge is 0.399 e. The molecule has 0 amide bonds. The van der Waals surface area contributed by atoms with Gasteiger partial charge in [-0.15, -0.1) is 0 Å². The van der Waals surface area contributed by atoms with Crippen LogP contribution in [0.25, 0.3) is 0 Å². The first-order chi connectivity index (χ1) is 8.06. The summed E-state index contributed by atoms with van der Waals surface area (Å²) in [7, 11) is 0. The maximum absolute atomic E-state index is 6.13. The molecule has 0 saturated heterocycles. The Kier molecular flexibility index (Phi) is 4.01. The highest BCUT2D eigenvalue weighted by Crippen LogP contribution is 2.43. The second-order valence-electron chi connectivity index (χ2n) is 4.45. The quantitative estimate of drug-likeness (QED) is 0.813. The highest BCUT2D eigenvalue weighted by molar-refractivity contribution is 8.00. The Hall–Kier alpha value is -0.250. The summed E-state index contributed by atoms with van der Waals surface area (Å²) in [6, 6.07) is 3.45. The number of halogens is 2. The van der Waals surface area contributed by atoms with Crippen molar-refractivity contribution < 1.29 is 0 Å². The summed E-state index contributed by atoms with van der Waals surface area (Å²) in [6.45, 7) is 0.900. The lowest BCUT2D eigenvalue weighted by molar-refractivity contribution is 0.380. The molecule has 0 atom stereocenters. The summed E-state index contributed by atoms with van der Waals surface area (Å²) >= 11 is 14.2. The molecular formula is C12H16Cl2N2S. The maximum atomic E-state index is 6.13. The van der Waals surface area contributed by atoms with Crippen LogP contribution in [0.1, 0.15) is 19.3 Å². The van der Waals surface area contributed by atoms with E-state index >= 15 is 0 Å². The van der Waals surface area contributed by atoms with E-state index in [1.54, 1.807) is 12.1 Å². The number of hydrogen-bond acceptors (Lipinski definition) is 3. The Labute approximate surface area is 116 Å². The summed E-state index contributed by atoms with van der Waals surface area (Å²) in [6.07, 6.45) is 5.98. The van der Waals surface area contributed by atoms with Gasteiger partial charge in [-0.1, -0.05) is 29.6 Å². The van der Waals surface area contributed by atoms with Crippen LogP contribution in [0.15, 0.2) is 12.1 Å². The van der Waals surface area contributed by atoms with Gasteiger partial charge in [0.05, 0.1) is 15.7 Å². The first-order valence-corrected chi connectivity index (χ1v) is 7.58. The lowest BCUT2D eigenvalue weighted by atomic mass is 9.84. The van der Waals surface area contributed by atoms with E-state index in [4.69, 9.17) is 28.9 Å². The van der Waals surface area contributed by atoms with Crippen LogP contribution in [0.5, 0.6) is 0 Å². The van der Waals surface area contributed by atoms with E-state index in [0.29, 0.717) is 20.5 Å². The molecular weight excluding hydrogens is 275 g/mol. The monoisotopic (exact) mass is 290 g/mol. The van der Waals surface area contributed by atoms with Crippen molar-refractivity contribution in [1.29, 1.82) is 0 Å². The van der Waals surface area contributed by atoms with Crippen LogP contribution in [0.2, 0.25) is 10.0 Å². The maximum Gasteiger partial charge on any atom is 0.0720 e. The normalized spacial score (nSPS) is 17.6. The van der Waals surface area contributed by atoms with E-state index < -0.39 is 0 Å². The van der Waals surface area contributed by atoms with Gasteiger partial charge in [0.2, 0.25) is 0 Å². The van der Waals surface area contributed by atoms with Crippen LogP contribution < -0.4 is 11.1 Å². The Balaban J connectivity index is 2.09. The SMILES string of the molecule is CSC1(CNc2c(Cl)cc(N)cc2Cl)CCC1. The van der Waals surface area contributed by atoms with Gasteiger partial charge in [0, 0.05) is 17.0 Å². The number of benzene rings is 1. The van der Waals surface area contributed by atoms with Crippen LogP contribution in [0, 0.1) is 0 Å². The molecule has 94 valence electrons. The lowest BCUT2D eigenvalue weighted by Gasteiger charge is -2.40. The fraction of sp³-hybridized carbons (Fsp3) is 0.500. The number of nitrogens with one attached hydrogen (secondary N) is 1. The van der Waals surface area contributed by atoms with Gasteiger partial charge in [0.25, 0.3) is 0 Å². The molecule has 0 aliphatic heterocycles. The van der Waals surface area contributed by atoms with E-state index in [9.17, 15) is 0 Å². The summed E-state index contributed by atoms with van der Waals surface area (Å²) in [5.74, 6) is 0. The van der Waals surface area contributed by atoms with Crippen molar-refractivity contribution in [2.24, 2.45) is 0 Å². The number of hydrogen-bond donors (Lipinski definition) is 2. The number of thioether (sulfide) groups is 1. The molecule has 1 aliphatic carbocycles. The fourth-order valence-corrected chi connectivity index (χ4v) is 3.59. The Morgan fingerprint density at radius 2 is 1.94 bits per heavy atom. The highest BCUT2D eigenvalue weighted by atomic mass is 35.5. The average molecular weight is 291 g/mol. The molecule has 1 aromatic carbocycles. The number of rotatable bonds is 4. The van der Waals surface area contributed by atoms with Gasteiger partial charge in [-0.3, -0.25) is 0 Å². The van der Waals surface area contributed by atoms with Crippen molar-refractivity contribution in [3.05, 3.63) is 22.2 Å². The van der Waals surface area contributed by atoms with Crippen molar-refractivity contribution in [1.82, 2.24) is 0 Å². The zero-order valence-electron chi connectivity index (χ0n) is 9.72. The topological polar surface area (TPSA) is 38.0 Å². The Bertz CT molecular complexity index is 390. The Morgan fingerprint density at radius 1 is 1.35 bits per heavy atom. The first-order valence-electron chi connectivity index (χ1n) is 5.60. The highest BCUT2D eigenvalue weighted by Gasteiger charge is 2.36. The summed E-state index contributed by atoms with van der Waals surface area (Å²) in [5, 5.41) is 4.54. The van der Waals surface area contributed by atoms with Crippen molar-refractivity contribution in [3.63, 3.8) is 0 Å². The van der Waals surface area contributed by atoms with Crippen LogP contribution in [0.3, 0.4) is 0 Å². The average Bonchev–Trinajstić information content (AvgIpc) is 2.19. The van der Waals surface area contributed by atoms with E-state index in [1.165, 1.54) is 19.3 Å². The van der Waals surface area contributed by atoms with Crippen molar-refractivity contribution >= 4 is 46.3 Å². The van der Waals surface area contributed by atoms with Gasteiger partial charge in [-0.25, -0.2) is 0 Å². The number of anilines is 2. The van der Waals surface area contributed by atoms with Gasteiger partial charge in [0.1, 0.15) is 0 Å². The van der Waals surface area contributed by atoms with E-state index in [1.807, 2.05) is 11.8 Å². The third-order valence-electron chi connectivity index (χ3n) is 3.35. The van der Waals surface area contributed by atoms with Crippen LogP contribution in [-0.4, -0.2) is 17.5 Å². The molecule has 2 rings (SSSR count). The lowest BCUT2D eigenvalue weighted by Crippen LogP contribution is -2.40. The van der Waals surface area contributed by atoms with Crippen molar-refractivity contribution in [2.45, 2.75) is 24.0 Å². The van der Waals surface area contributed by atoms with Crippen LogP contribution >= 0.6 is 35.0 Å². The van der Waals surface area contributed by atoms with Gasteiger partial charge >= 0.3 is 0 Å². The van der Waals surface area contributed by atoms with Crippen molar-refractivity contribution in [3.8, 4) is 0 Å². The molecule has 2 nitrogen and oxygen atoms in total. The smallest absolute Gasteiger partial charge is 0.0720 e. The second kappa shape index (κ2) is 5.17. The standard InChI is InChI=1S/C12H16Cl2N2S/c1-17-12(3-2-4-12)7-16-11-9(13)5-8(15)6-10(11)14/h5-6,16H,2-4,7,15H2,1H3. The molecule has 1 aromatic rings. The van der Waals surface area contributed by atoms with Gasteiger partial charge in [0.15, 0.2) is 0 Å². The predicted molar refractivity (Wildman–Crippen MR) is 79.5 cm³/mol. The first kappa shape index (κ1) is 13.2. The van der Waals surface area contributed by atoms with Crippen molar-refractivity contribution in [2.75, 3.05) is 23.9 Å². The molecule has 0 spiro atoms. The molecule has 0 heterocycles. The molecule has 1 aliphatic rings. The summed E-state index contributed by atoms with van der Waals surface area (Å²) in [5.41, 5.74) is 7.06. The van der Waals surface area contributed by atoms with Gasteiger partial charge in [-0.2, -0.15) is 11.8 Å². The van der Waals surface area contributed by atoms with E-state index in [0.717, 1.165) is 12.2 Å². The Morgan fingerprint density at radius 3 is 2.35 bits per heavy atom. The minimum absolute atomic E-state index is 0.355. The third kappa shape index (κ3) is 2.78. The predicted octanol–water partition coefficient (Wildman–Crippen LogP) is 4.27. The molecule has 0 radical (unpaired) electrons. The van der Waals surface area contributed by atoms with Crippen LogP contribution in [0.4, 0.5) is 11.4 Å². The fourth-order valence-electron chi connectivity index (χ4n) is 2.04. The molecule has 0 unspecified atom stereocenters. The number of nitrogens with two attached hydrogens (primary N) is 1. The summed E-state index contributed by atoms with van der Waals surface area (Å²) < 4.78 is 0.355. The molecule has 1 fully saturated rings. The molecule has 17 heavy (non-hydrogen) atoms. The molecule has 0 aromatic heterocycles. The molecule has 3 N–H and O–H groups in total. The van der Waals surface area contributed by atoms with E-state index in [-0.39, 0.29) is 0 Å². The molecule has 0 bridgehead atoms. The van der Waals surface area contributed by atoms with E-state index in [2.05, 4.69) is 11.6 Å². The second-order valence-corrected chi connectivity index (χ2v) is 6.54. The summed E-state index contributed by atoms with van der Waals surface area (Å²) in [4.78, 5) is 0. The molecule has 1 saturated carbocycles. The molecule has 5 heteroatoms. The van der Waals surface area contributed by atoms with Gasteiger partial charge in [-0.05, 0) is 31.2 Å².